The van der Waals surface area contributed by atoms with E-state index >= 15 is 0 Å². The lowest BCUT2D eigenvalue weighted by molar-refractivity contribution is -0.121. The number of nitrogens with one attached hydrogen (secondary N) is 1. The van der Waals surface area contributed by atoms with Gasteiger partial charge in [0, 0.05) is 6.54 Å². The second-order valence-electron chi connectivity index (χ2n) is 4.13. The fourth-order valence-corrected chi connectivity index (χ4v) is 1.46. The molecule has 16 heavy (non-hydrogen) atoms. The Morgan fingerprint density at radius 3 is 2.44 bits per heavy atom. The Morgan fingerprint density at radius 1 is 1.31 bits per heavy atom. The molecule has 0 unspecified atom stereocenters. The lowest BCUT2D eigenvalue weighted by atomic mass is 10.0. The van der Waals surface area contributed by atoms with E-state index in [4.69, 9.17) is 0 Å². The monoisotopic (exact) mass is 223 g/mol. The fraction of sp³-hybridized carbons (Fsp3) is 0.462. The van der Waals surface area contributed by atoms with E-state index in [1.165, 1.54) is 5.56 Å². The molecule has 1 aromatic carbocycles. The van der Waals surface area contributed by atoms with E-state index in [1.807, 2.05) is 0 Å². The number of carbonyl (C=O) groups excluding carboxylic acids is 1. The van der Waals surface area contributed by atoms with Crippen molar-refractivity contribution in [2.45, 2.75) is 26.2 Å². The Balaban J connectivity index is 2.40. The molecule has 0 fully saturated rings. The lowest BCUT2D eigenvalue weighted by Gasteiger charge is -2.07. The maximum atomic E-state index is 11.8. The quantitative estimate of drug-likeness (QED) is 0.816. The Morgan fingerprint density at radius 2 is 1.94 bits per heavy atom. The molecule has 1 rings (SSSR count). The smallest absolute Gasteiger partial charge is 0.251 e. The Kier molecular flexibility index (Phi) is 4.96. The summed E-state index contributed by atoms with van der Waals surface area (Å²) in [6, 6.07) is 8.29. The first kappa shape index (κ1) is 12.7. The van der Waals surface area contributed by atoms with Gasteiger partial charge in [-0.05, 0) is 23.5 Å². The summed E-state index contributed by atoms with van der Waals surface area (Å²) in [5.41, 5.74) is 2.46. The number of amides is 1. The number of hydrogen-bond acceptors (Lipinski definition) is 1. The topological polar surface area (TPSA) is 29.1 Å². The third-order valence-electron chi connectivity index (χ3n) is 2.50. The van der Waals surface area contributed by atoms with Gasteiger partial charge >= 0.3 is 0 Å². The van der Waals surface area contributed by atoms with Gasteiger partial charge in [0.1, 0.15) is 0 Å². The van der Waals surface area contributed by atoms with Crippen LogP contribution in [0.3, 0.4) is 0 Å². The average molecular weight is 223 g/mol. The molecule has 0 atom stereocenters. The third kappa shape index (κ3) is 4.01. The molecule has 1 amide bonds. The Bertz CT molecular complexity index is 332. The molecule has 0 radical (unpaired) electrons. The highest BCUT2D eigenvalue weighted by atomic mass is 19.1. The van der Waals surface area contributed by atoms with Crippen molar-refractivity contribution in [3.63, 3.8) is 0 Å². The van der Waals surface area contributed by atoms with Gasteiger partial charge in [0.25, 0.3) is 5.91 Å². The molecule has 1 aromatic rings. The molecule has 0 heterocycles. The van der Waals surface area contributed by atoms with Crippen LogP contribution in [0.5, 0.6) is 0 Å². The van der Waals surface area contributed by atoms with Crippen molar-refractivity contribution in [3.05, 3.63) is 35.4 Å². The molecular formula is C13H18FNO. The number of carbonyl (C=O) groups is 1. The molecule has 0 aliphatic heterocycles. The predicted octanol–water partition coefficient (Wildman–Crippen LogP) is 2.44. The molecule has 3 heteroatoms. The van der Waals surface area contributed by atoms with E-state index in [2.05, 4.69) is 43.4 Å². The van der Waals surface area contributed by atoms with E-state index < -0.39 is 12.6 Å². The van der Waals surface area contributed by atoms with Gasteiger partial charge in [-0.15, -0.1) is 0 Å². The van der Waals surface area contributed by atoms with Crippen molar-refractivity contribution < 1.29 is 9.18 Å². The standard InChI is InChI=1S/C13H18FNO/c1-10(2)12-5-3-11(4-6-12)7-8-15-13(16)9-14/h3-6,10H,7-9H2,1-2H3,(H,15,16). The molecule has 0 saturated carbocycles. The number of benzene rings is 1. The number of rotatable bonds is 5. The summed E-state index contributed by atoms with van der Waals surface area (Å²) < 4.78 is 11.8. The molecule has 0 saturated heterocycles. The Labute approximate surface area is 95.9 Å². The van der Waals surface area contributed by atoms with Gasteiger partial charge in [0.15, 0.2) is 6.67 Å². The van der Waals surface area contributed by atoms with Crippen LogP contribution in [-0.2, 0) is 11.2 Å². The summed E-state index contributed by atoms with van der Waals surface area (Å²) >= 11 is 0. The maximum absolute atomic E-state index is 11.8. The summed E-state index contributed by atoms with van der Waals surface area (Å²) in [5.74, 6) is -0.0147. The minimum atomic E-state index is -0.938. The van der Waals surface area contributed by atoms with Crippen molar-refractivity contribution in [1.82, 2.24) is 5.32 Å². The van der Waals surface area contributed by atoms with E-state index in [0.717, 1.165) is 12.0 Å². The van der Waals surface area contributed by atoms with Crippen molar-refractivity contribution in [2.75, 3.05) is 13.2 Å². The van der Waals surface area contributed by atoms with Crippen LogP contribution >= 0.6 is 0 Å². The molecular weight excluding hydrogens is 205 g/mol. The van der Waals surface area contributed by atoms with Crippen LogP contribution in [0.2, 0.25) is 0 Å². The maximum Gasteiger partial charge on any atom is 0.251 e. The van der Waals surface area contributed by atoms with Crippen LogP contribution in [0.4, 0.5) is 4.39 Å². The predicted molar refractivity (Wildman–Crippen MR) is 63.2 cm³/mol. The summed E-state index contributed by atoms with van der Waals surface area (Å²) in [6.45, 7) is 3.85. The number of hydrogen-bond donors (Lipinski definition) is 1. The normalized spacial score (nSPS) is 10.5. The van der Waals surface area contributed by atoms with Gasteiger partial charge in [0.2, 0.25) is 0 Å². The van der Waals surface area contributed by atoms with Crippen LogP contribution in [0.15, 0.2) is 24.3 Å². The van der Waals surface area contributed by atoms with Gasteiger partial charge in [0.05, 0.1) is 0 Å². The SMILES string of the molecule is CC(C)c1ccc(CCNC(=O)CF)cc1. The van der Waals surface area contributed by atoms with E-state index in [9.17, 15) is 9.18 Å². The first-order valence-electron chi connectivity index (χ1n) is 5.55. The van der Waals surface area contributed by atoms with Gasteiger partial charge in [-0.25, -0.2) is 4.39 Å². The third-order valence-corrected chi connectivity index (χ3v) is 2.50. The minimum Gasteiger partial charge on any atom is -0.353 e. The second kappa shape index (κ2) is 6.26. The van der Waals surface area contributed by atoms with Crippen LogP contribution < -0.4 is 5.32 Å². The fourth-order valence-electron chi connectivity index (χ4n) is 1.46. The van der Waals surface area contributed by atoms with Crippen molar-refractivity contribution in [2.24, 2.45) is 0 Å². The van der Waals surface area contributed by atoms with Crippen LogP contribution in [0.1, 0.15) is 30.9 Å². The molecule has 0 aliphatic rings. The summed E-state index contributed by atoms with van der Waals surface area (Å²) in [7, 11) is 0. The molecule has 0 spiro atoms. The largest absolute Gasteiger partial charge is 0.353 e. The molecule has 2 nitrogen and oxygen atoms in total. The second-order valence-corrected chi connectivity index (χ2v) is 4.13. The number of halogens is 1. The molecule has 88 valence electrons. The first-order chi connectivity index (χ1) is 7.63. The first-order valence-corrected chi connectivity index (χ1v) is 5.55. The van der Waals surface area contributed by atoms with Crippen LogP contribution in [0, 0.1) is 0 Å². The summed E-state index contributed by atoms with van der Waals surface area (Å²) in [6.07, 6.45) is 0.740. The average Bonchev–Trinajstić information content (AvgIpc) is 2.29. The zero-order valence-electron chi connectivity index (χ0n) is 9.79. The van der Waals surface area contributed by atoms with Crippen molar-refractivity contribution in [1.29, 1.82) is 0 Å². The zero-order chi connectivity index (χ0) is 12.0. The molecule has 0 aliphatic carbocycles. The minimum absolute atomic E-state index is 0.490. The molecule has 1 N–H and O–H groups in total. The van der Waals surface area contributed by atoms with E-state index in [0.29, 0.717) is 12.5 Å². The Hall–Kier alpha value is -1.38. The highest BCUT2D eigenvalue weighted by Crippen LogP contribution is 2.14. The van der Waals surface area contributed by atoms with Crippen molar-refractivity contribution in [3.8, 4) is 0 Å². The highest BCUT2D eigenvalue weighted by molar-refractivity contribution is 5.76. The number of alkyl halides is 1. The summed E-state index contributed by atoms with van der Waals surface area (Å²) in [4.78, 5) is 10.7. The van der Waals surface area contributed by atoms with Gasteiger partial charge in [-0.2, -0.15) is 0 Å². The van der Waals surface area contributed by atoms with Gasteiger partial charge < -0.3 is 5.32 Å². The highest BCUT2D eigenvalue weighted by Gasteiger charge is 2.00. The molecule has 0 bridgehead atoms. The van der Waals surface area contributed by atoms with Gasteiger partial charge in [-0.3, -0.25) is 4.79 Å². The van der Waals surface area contributed by atoms with E-state index in [-0.39, 0.29) is 0 Å². The lowest BCUT2D eigenvalue weighted by Crippen LogP contribution is -2.26. The van der Waals surface area contributed by atoms with Crippen LogP contribution in [-0.4, -0.2) is 19.1 Å². The molecule has 0 aromatic heterocycles. The zero-order valence-corrected chi connectivity index (χ0v) is 9.79. The van der Waals surface area contributed by atoms with E-state index in [1.54, 1.807) is 0 Å². The summed E-state index contributed by atoms with van der Waals surface area (Å²) in [5, 5.41) is 2.50. The van der Waals surface area contributed by atoms with Gasteiger partial charge in [-0.1, -0.05) is 38.1 Å². The van der Waals surface area contributed by atoms with Crippen LogP contribution in [0.25, 0.3) is 0 Å². The van der Waals surface area contributed by atoms with Crippen molar-refractivity contribution >= 4 is 5.91 Å².